The second-order valence-electron chi connectivity index (χ2n) is 3.40. The molecule has 0 fully saturated rings. The molecule has 2 N–H and O–H groups in total. The summed E-state index contributed by atoms with van der Waals surface area (Å²) in [5.41, 5.74) is 0. The summed E-state index contributed by atoms with van der Waals surface area (Å²) in [5, 5.41) is 10.4. The predicted octanol–water partition coefficient (Wildman–Crippen LogP) is 0.114. The van der Waals surface area contributed by atoms with Crippen molar-refractivity contribution in [3.05, 3.63) is 11.2 Å². The van der Waals surface area contributed by atoms with Gasteiger partial charge in [-0.3, -0.25) is 13.8 Å². The zero-order valence-corrected chi connectivity index (χ0v) is 10.8. The molecule has 0 saturated heterocycles. The minimum Gasteiger partial charge on any atom is -0.766 e. The fourth-order valence-corrected chi connectivity index (χ4v) is 1.46. The minimum atomic E-state index is -2.58. The number of carbonyl (C=O) groups excluding carboxylic acids is 1. The first-order valence-electron chi connectivity index (χ1n) is 5.32. The zero-order chi connectivity index (χ0) is 14.0. The van der Waals surface area contributed by atoms with E-state index < -0.39 is 28.0 Å². The first-order chi connectivity index (χ1) is 8.47. The molecule has 0 spiro atoms. The van der Waals surface area contributed by atoms with E-state index in [9.17, 15) is 18.4 Å². The molecule has 0 rings (SSSR count). The summed E-state index contributed by atoms with van der Waals surface area (Å²) in [4.78, 5) is 21.4. The van der Waals surface area contributed by atoms with Crippen molar-refractivity contribution in [2.45, 2.75) is 25.7 Å². The van der Waals surface area contributed by atoms with Crippen LogP contribution in [-0.2, 0) is 25.4 Å². The third kappa shape index (κ3) is 8.71. The monoisotopic (exact) mass is 278 g/mol. The van der Waals surface area contributed by atoms with Gasteiger partial charge in [-0.2, -0.15) is 0 Å². The molecule has 1 amide bonds. The maximum absolute atomic E-state index is 11.2. The van der Waals surface area contributed by atoms with E-state index in [0.29, 0.717) is 25.8 Å². The van der Waals surface area contributed by atoms with Crippen LogP contribution in [-0.4, -0.2) is 39.4 Å². The highest BCUT2D eigenvalue weighted by Gasteiger charge is 2.02. The molecule has 0 heterocycles. The summed E-state index contributed by atoms with van der Waals surface area (Å²) in [6.45, 7) is 0.359. The third-order valence-electron chi connectivity index (χ3n) is 1.98. The number of amides is 1. The second-order valence-corrected chi connectivity index (χ2v) is 4.27. The summed E-state index contributed by atoms with van der Waals surface area (Å²) in [6, 6.07) is 0. The summed E-state index contributed by atoms with van der Waals surface area (Å²) in [5.74, 6) is -1.40. The molecule has 8 heteroatoms. The number of rotatable bonds is 9. The molecule has 0 aromatic rings. The number of methoxy groups -OCH3 is 1. The van der Waals surface area contributed by atoms with E-state index in [1.165, 1.54) is 0 Å². The van der Waals surface area contributed by atoms with Crippen molar-refractivity contribution in [3.63, 3.8) is 0 Å². The minimum absolute atomic E-state index is 0.108. The Balaban J connectivity index is 3.77. The number of ether oxygens (including phenoxy) is 1. The standard InChI is InChI=1S/C10H17NO6S/c1-17-10(18(15)16)7-8(12)11-6-4-2-3-5-9(13)14/h7H,2-6H2,1H3,(H,11,12)(H,13,14)(H,15,16)/p-1/b10-7-. The van der Waals surface area contributed by atoms with Crippen molar-refractivity contribution in [2.24, 2.45) is 0 Å². The lowest BCUT2D eigenvalue weighted by Gasteiger charge is -2.08. The van der Waals surface area contributed by atoms with Gasteiger partial charge >= 0.3 is 5.97 Å². The van der Waals surface area contributed by atoms with Crippen molar-refractivity contribution >= 4 is 23.0 Å². The zero-order valence-electron chi connectivity index (χ0n) is 10.0. The maximum atomic E-state index is 11.2. The molecule has 0 aromatic carbocycles. The smallest absolute Gasteiger partial charge is 0.303 e. The first-order valence-corrected chi connectivity index (χ1v) is 6.39. The SMILES string of the molecule is CO/C(=C/C(=O)NCCCCCC(=O)O)S(=O)[O-]. The quantitative estimate of drug-likeness (QED) is 0.268. The molecule has 0 aliphatic heterocycles. The van der Waals surface area contributed by atoms with Gasteiger partial charge in [0, 0.05) is 24.0 Å². The van der Waals surface area contributed by atoms with Crippen LogP contribution in [0.5, 0.6) is 0 Å². The second kappa shape index (κ2) is 9.60. The lowest BCUT2D eigenvalue weighted by atomic mass is 10.2. The molecule has 0 aliphatic carbocycles. The van der Waals surface area contributed by atoms with E-state index in [4.69, 9.17) is 5.11 Å². The Morgan fingerprint density at radius 1 is 1.39 bits per heavy atom. The number of unbranched alkanes of at least 4 members (excludes halogenated alkanes) is 2. The van der Waals surface area contributed by atoms with E-state index in [-0.39, 0.29) is 6.42 Å². The Kier molecular flexibility index (Phi) is 8.85. The molecule has 18 heavy (non-hydrogen) atoms. The van der Waals surface area contributed by atoms with Gasteiger partial charge in [-0.15, -0.1) is 0 Å². The van der Waals surface area contributed by atoms with Gasteiger partial charge in [0.2, 0.25) is 5.91 Å². The largest absolute Gasteiger partial charge is 0.766 e. The average molecular weight is 278 g/mol. The molecule has 0 radical (unpaired) electrons. The highest BCUT2D eigenvalue weighted by atomic mass is 32.2. The van der Waals surface area contributed by atoms with Crippen molar-refractivity contribution in [2.75, 3.05) is 13.7 Å². The summed E-state index contributed by atoms with van der Waals surface area (Å²) < 4.78 is 25.5. The van der Waals surface area contributed by atoms with Gasteiger partial charge < -0.3 is 19.7 Å². The number of hydrogen-bond donors (Lipinski definition) is 2. The fourth-order valence-electron chi connectivity index (χ4n) is 1.12. The maximum Gasteiger partial charge on any atom is 0.303 e. The van der Waals surface area contributed by atoms with Crippen LogP contribution in [0.1, 0.15) is 25.7 Å². The van der Waals surface area contributed by atoms with Crippen LogP contribution in [0.25, 0.3) is 0 Å². The Hall–Kier alpha value is -1.41. The van der Waals surface area contributed by atoms with Gasteiger partial charge in [0.05, 0.1) is 13.2 Å². The van der Waals surface area contributed by atoms with Gasteiger partial charge in [0.1, 0.15) is 0 Å². The molecular formula is C10H16NO6S-. The molecule has 1 unspecified atom stereocenters. The van der Waals surface area contributed by atoms with Crippen LogP contribution in [0.3, 0.4) is 0 Å². The molecule has 0 aromatic heterocycles. The van der Waals surface area contributed by atoms with Gasteiger partial charge in [-0.05, 0) is 12.8 Å². The molecular weight excluding hydrogens is 262 g/mol. The number of nitrogens with one attached hydrogen (secondary N) is 1. The van der Waals surface area contributed by atoms with Crippen LogP contribution < -0.4 is 5.32 Å². The highest BCUT2D eigenvalue weighted by molar-refractivity contribution is 7.83. The normalized spacial score (nSPS) is 12.9. The number of hydrogen-bond acceptors (Lipinski definition) is 5. The lowest BCUT2D eigenvalue weighted by molar-refractivity contribution is -0.137. The summed E-state index contributed by atoms with van der Waals surface area (Å²) >= 11 is -2.58. The molecule has 7 nitrogen and oxygen atoms in total. The van der Waals surface area contributed by atoms with Crippen LogP contribution in [0.4, 0.5) is 0 Å². The average Bonchev–Trinajstić information content (AvgIpc) is 2.29. The van der Waals surface area contributed by atoms with E-state index in [2.05, 4.69) is 10.1 Å². The predicted molar refractivity (Wildman–Crippen MR) is 63.1 cm³/mol. The number of carboxylic acids is 1. The molecule has 104 valence electrons. The van der Waals surface area contributed by atoms with Crippen molar-refractivity contribution in [3.8, 4) is 0 Å². The van der Waals surface area contributed by atoms with Crippen LogP contribution in [0, 0.1) is 0 Å². The molecule has 0 bridgehead atoms. The van der Waals surface area contributed by atoms with E-state index in [1.807, 2.05) is 0 Å². The number of aliphatic carboxylic acids is 1. The van der Waals surface area contributed by atoms with E-state index in [0.717, 1.165) is 13.2 Å². The number of carbonyl (C=O) groups is 2. The molecule has 1 atom stereocenters. The van der Waals surface area contributed by atoms with E-state index in [1.54, 1.807) is 0 Å². The number of carboxylic acid groups (broad SMARTS) is 1. The van der Waals surface area contributed by atoms with Crippen LogP contribution >= 0.6 is 0 Å². The van der Waals surface area contributed by atoms with Crippen molar-refractivity contribution in [1.29, 1.82) is 0 Å². The lowest BCUT2D eigenvalue weighted by Crippen LogP contribution is -2.23. The fraction of sp³-hybridized carbons (Fsp3) is 0.600. The molecule has 0 saturated carbocycles. The first kappa shape index (κ1) is 16.6. The molecule has 0 aliphatic rings. The van der Waals surface area contributed by atoms with Gasteiger partial charge in [0.15, 0.2) is 5.09 Å². The topological polar surface area (TPSA) is 116 Å². The van der Waals surface area contributed by atoms with Crippen molar-refractivity contribution < 1.29 is 28.2 Å². The summed E-state index contributed by atoms with van der Waals surface area (Å²) in [7, 11) is 1.15. The third-order valence-corrected chi connectivity index (χ3v) is 2.59. The Bertz CT molecular complexity index is 341. The van der Waals surface area contributed by atoms with Gasteiger partial charge in [-0.1, -0.05) is 6.42 Å². The van der Waals surface area contributed by atoms with Crippen molar-refractivity contribution in [1.82, 2.24) is 5.32 Å². The Morgan fingerprint density at radius 2 is 2.06 bits per heavy atom. The summed E-state index contributed by atoms with van der Waals surface area (Å²) in [6.07, 6.45) is 2.82. The Morgan fingerprint density at radius 3 is 2.56 bits per heavy atom. The van der Waals surface area contributed by atoms with Crippen LogP contribution in [0.2, 0.25) is 0 Å². The van der Waals surface area contributed by atoms with Gasteiger partial charge in [0.25, 0.3) is 0 Å². The Labute approximate surface area is 107 Å². The highest BCUT2D eigenvalue weighted by Crippen LogP contribution is 2.00. The van der Waals surface area contributed by atoms with Gasteiger partial charge in [-0.25, -0.2) is 0 Å². The van der Waals surface area contributed by atoms with E-state index >= 15 is 0 Å². The van der Waals surface area contributed by atoms with Crippen LogP contribution in [0.15, 0.2) is 11.2 Å².